The van der Waals surface area contributed by atoms with Crippen LogP contribution in [0.5, 0.6) is 0 Å². The fourth-order valence-electron chi connectivity index (χ4n) is 3.11. The normalized spacial score (nSPS) is 18.8. The van der Waals surface area contributed by atoms with E-state index in [-0.39, 0.29) is 18.4 Å². The number of hydrogen-bond acceptors (Lipinski definition) is 5. The van der Waals surface area contributed by atoms with E-state index in [9.17, 15) is 9.59 Å². The highest BCUT2D eigenvalue weighted by atomic mass is 32.1. The van der Waals surface area contributed by atoms with E-state index in [0.717, 1.165) is 17.2 Å². The van der Waals surface area contributed by atoms with E-state index in [1.165, 1.54) is 11.3 Å². The minimum Gasteiger partial charge on any atom is -0.352 e. The van der Waals surface area contributed by atoms with Crippen molar-refractivity contribution < 1.29 is 9.59 Å². The Hall–Kier alpha value is -2.39. The highest BCUT2D eigenvalue weighted by molar-refractivity contribution is 7.10. The lowest BCUT2D eigenvalue weighted by Crippen LogP contribution is -2.50. The number of carbonyl (C=O) groups excluding carboxylic acids is 2. The molecule has 0 saturated carbocycles. The Kier molecular flexibility index (Phi) is 5.34. The summed E-state index contributed by atoms with van der Waals surface area (Å²) >= 11 is 1.49. The first-order valence-electron chi connectivity index (χ1n) is 8.13. The van der Waals surface area contributed by atoms with Crippen LogP contribution in [0.1, 0.15) is 29.2 Å². The van der Waals surface area contributed by atoms with Crippen LogP contribution >= 0.6 is 11.3 Å². The van der Waals surface area contributed by atoms with Crippen LogP contribution in [-0.4, -0.2) is 46.0 Å². The second-order valence-corrected chi connectivity index (χ2v) is 6.96. The van der Waals surface area contributed by atoms with Gasteiger partial charge in [0, 0.05) is 44.0 Å². The van der Waals surface area contributed by atoms with Crippen LogP contribution in [0.3, 0.4) is 0 Å². The van der Waals surface area contributed by atoms with E-state index in [1.807, 2.05) is 40.2 Å². The molecule has 2 atom stereocenters. The van der Waals surface area contributed by atoms with Crippen LogP contribution in [0.4, 0.5) is 4.79 Å². The molecule has 3 heterocycles. The molecule has 1 fully saturated rings. The third-order valence-corrected chi connectivity index (χ3v) is 5.29. The summed E-state index contributed by atoms with van der Waals surface area (Å²) in [5, 5.41) is 7.91. The summed E-state index contributed by atoms with van der Waals surface area (Å²) in [6.45, 7) is 1.99. The third kappa shape index (κ3) is 3.99. The molecule has 25 heavy (non-hydrogen) atoms. The van der Waals surface area contributed by atoms with Crippen molar-refractivity contribution in [3.63, 3.8) is 0 Å². The van der Waals surface area contributed by atoms with Gasteiger partial charge in [-0.05, 0) is 11.4 Å². The number of rotatable bonds is 5. The van der Waals surface area contributed by atoms with Gasteiger partial charge in [0.05, 0.1) is 12.5 Å². The van der Waals surface area contributed by atoms with Crippen molar-refractivity contribution in [3.05, 3.63) is 40.6 Å². The zero-order chi connectivity index (χ0) is 17.8. The molecule has 1 saturated heterocycles. The third-order valence-electron chi connectivity index (χ3n) is 4.30. The first-order valence-corrected chi connectivity index (χ1v) is 9.01. The minimum atomic E-state index is -0.632. The molecule has 2 aromatic heterocycles. The highest BCUT2D eigenvalue weighted by Crippen LogP contribution is 2.26. The summed E-state index contributed by atoms with van der Waals surface area (Å²) in [4.78, 5) is 31.4. The Morgan fingerprint density at radius 3 is 3.04 bits per heavy atom. The number of imidazole rings is 1. The zero-order valence-electron chi connectivity index (χ0n) is 14.0. The molecule has 4 N–H and O–H groups in total. The Balaban J connectivity index is 1.77. The standard InChI is InChI=1S/C16H22N6O2S/c1-21-6-5-19-15(21)12-10-18-4-7-22(12)14(23)9-11(20-16(17)24)13-3-2-8-25-13/h2-3,5-6,8,11-12,18H,4,7,9-10H2,1H3,(H3,17,20,24). The lowest BCUT2D eigenvalue weighted by Gasteiger charge is -2.36. The first-order chi connectivity index (χ1) is 12.1. The van der Waals surface area contributed by atoms with Gasteiger partial charge in [0.1, 0.15) is 11.9 Å². The van der Waals surface area contributed by atoms with Crippen molar-refractivity contribution in [1.29, 1.82) is 0 Å². The van der Waals surface area contributed by atoms with Crippen molar-refractivity contribution >= 4 is 23.3 Å². The van der Waals surface area contributed by atoms with Crippen LogP contribution in [0.2, 0.25) is 0 Å². The number of nitrogens with two attached hydrogens (primary N) is 1. The van der Waals surface area contributed by atoms with Gasteiger partial charge in [-0.2, -0.15) is 0 Å². The lowest BCUT2D eigenvalue weighted by atomic mass is 10.1. The maximum Gasteiger partial charge on any atom is 0.312 e. The van der Waals surface area contributed by atoms with Gasteiger partial charge < -0.3 is 25.8 Å². The van der Waals surface area contributed by atoms with Gasteiger partial charge in [-0.25, -0.2) is 9.78 Å². The van der Waals surface area contributed by atoms with Crippen molar-refractivity contribution in [1.82, 2.24) is 25.1 Å². The largest absolute Gasteiger partial charge is 0.352 e. The van der Waals surface area contributed by atoms with Gasteiger partial charge in [-0.3, -0.25) is 4.79 Å². The SMILES string of the molecule is Cn1ccnc1C1CNCCN1C(=O)CC(NC(N)=O)c1cccs1. The summed E-state index contributed by atoms with van der Waals surface area (Å²) in [7, 11) is 1.92. The van der Waals surface area contributed by atoms with Gasteiger partial charge in [-0.1, -0.05) is 6.07 Å². The molecule has 8 nitrogen and oxygen atoms in total. The number of urea groups is 1. The maximum atomic E-state index is 13.0. The Morgan fingerprint density at radius 2 is 2.40 bits per heavy atom. The maximum absolute atomic E-state index is 13.0. The lowest BCUT2D eigenvalue weighted by molar-refractivity contribution is -0.135. The highest BCUT2D eigenvalue weighted by Gasteiger charge is 2.32. The molecule has 0 bridgehead atoms. The second-order valence-electron chi connectivity index (χ2n) is 5.98. The van der Waals surface area contributed by atoms with Crippen LogP contribution in [0.25, 0.3) is 0 Å². The van der Waals surface area contributed by atoms with E-state index < -0.39 is 12.1 Å². The fourth-order valence-corrected chi connectivity index (χ4v) is 3.89. The molecular formula is C16H22N6O2S. The van der Waals surface area contributed by atoms with E-state index in [0.29, 0.717) is 13.1 Å². The number of nitrogens with one attached hydrogen (secondary N) is 2. The Labute approximate surface area is 150 Å². The van der Waals surface area contributed by atoms with Crippen LogP contribution in [-0.2, 0) is 11.8 Å². The average Bonchev–Trinajstić information content (AvgIpc) is 3.25. The van der Waals surface area contributed by atoms with Crippen molar-refractivity contribution in [2.45, 2.75) is 18.5 Å². The molecule has 2 aromatic rings. The summed E-state index contributed by atoms with van der Waals surface area (Å²) in [5.74, 6) is 0.817. The molecule has 3 amide bonds. The number of amides is 3. The van der Waals surface area contributed by atoms with E-state index in [2.05, 4.69) is 15.6 Å². The van der Waals surface area contributed by atoms with Gasteiger partial charge in [0.25, 0.3) is 0 Å². The van der Waals surface area contributed by atoms with Crippen molar-refractivity contribution in [3.8, 4) is 0 Å². The predicted octanol–water partition coefficient (Wildman–Crippen LogP) is 0.754. The minimum absolute atomic E-state index is 0.0262. The fraction of sp³-hybridized carbons (Fsp3) is 0.438. The van der Waals surface area contributed by atoms with Gasteiger partial charge in [0.2, 0.25) is 5.91 Å². The average molecular weight is 362 g/mol. The van der Waals surface area contributed by atoms with E-state index >= 15 is 0 Å². The molecule has 134 valence electrons. The Bertz CT molecular complexity index is 729. The van der Waals surface area contributed by atoms with Gasteiger partial charge >= 0.3 is 6.03 Å². The number of thiophene rings is 1. The second kappa shape index (κ2) is 7.66. The number of piperazine rings is 1. The molecule has 0 aliphatic carbocycles. The zero-order valence-corrected chi connectivity index (χ0v) is 14.8. The molecule has 2 unspecified atom stereocenters. The van der Waals surface area contributed by atoms with E-state index in [4.69, 9.17) is 5.73 Å². The van der Waals surface area contributed by atoms with Crippen molar-refractivity contribution in [2.75, 3.05) is 19.6 Å². The number of nitrogens with zero attached hydrogens (tertiary/aromatic N) is 3. The summed E-state index contributed by atoms with van der Waals surface area (Å²) in [6.07, 6.45) is 3.77. The molecule has 0 spiro atoms. The molecule has 9 heteroatoms. The molecule has 1 aliphatic heterocycles. The van der Waals surface area contributed by atoms with Crippen molar-refractivity contribution in [2.24, 2.45) is 12.8 Å². The van der Waals surface area contributed by atoms with Gasteiger partial charge in [0.15, 0.2) is 0 Å². The van der Waals surface area contributed by atoms with Crippen LogP contribution < -0.4 is 16.4 Å². The smallest absolute Gasteiger partial charge is 0.312 e. The number of aromatic nitrogens is 2. The Morgan fingerprint density at radius 1 is 1.56 bits per heavy atom. The molecule has 3 rings (SSSR count). The number of primary amides is 1. The molecular weight excluding hydrogens is 340 g/mol. The predicted molar refractivity (Wildman–Crippen MR) is 94.9 cm³/mol. The monoisotopic (exact) mass is 362 g/mol. The number of aryl methyl sites for hydroxylation is 1. The van der Waals surface area contributed by atoms with Crippen LogP contribution in [0, 0.1) is 0 Å². The first kappa shape index (κ1) is 17.4. The summed E-state index contributed by atoms with van der Waals surface area (Å²) in [5.41, 5.74) is 5.28. The van der Waals surface area contributed by atoms with Gasteiger partial charge in [-0.15, -0.1) is 11.3 Å². The van der Waals surface area contributed by atoms with E-state index in [1.54, 1.807) is 6.20 Å². The van der Waals surface area contributed by atoms with Crippen LogP contribution in [0.15, 0.2) is 29.9 Å². The summed E-state index contributed by atoms with van der Waals surface area (Å²) < 4.78 is 1.93. The quantitative estimate of drug-likeness (QED) is 0.730. The topological polar surface area (TPSA) is 105 Å². The molecule has 1 aliphatic rings. The number of hydrogen-bond donors (Lipinski definition) is 3. The molecule has 0 aromatic carbocycles. The molecule has 0 radical (unpaired) electrons. The number of carbonyl (C=O) groups is 2. The summed E-state index contributed by atoms with van der Waals surface area (Å²) in [6, 6.07) is 2.61.